The third kappa shape index (κ3) is 5.90. The van der Waals surface area contributed by atoms with Crippen molar-refractivity contribution < 1.29 is 28.9 Å². The number of benzene rings is 1. The van der Waals surface area contributed by atoms with Gasteiger partial charge in [0.2, 0.25) is 0 Å². The van der Waals surface area contributed by atoms with Crippen molar-refractivity contribution in [3.63, 3.8) is 0 Å². The van der Waals surface area contributed by atoms with E-state index in [4.69, 9.17) is 14.2 Å². The number of hydrogen-bond donors (Lipinski definition) is 2. The van der Waals surface area contributed by atoms with Crippen LogP contribution >= 0.6 is 0 Å². The van der Waals surface area contributed by atoms with E-state index >= 15 is 0 Å². The highest BCUT2D eigenvalue weighted by Crippen LogP contribution is 2.45. The summed E-state index contributed by atoms with van der Waals surface area (Å²) in [5.74, 6) is 1.37. The molecule has 1 saturated carbocycles. The standard InChI is InChI=1S/C28H42N2O6/c1-17(2)11-19-15-30-10-9-18-13-25(34-3)26(35-4)14-22(18)24(30)12-20(19)16-36-28(33)29-23-8-6-5-7-21(23)27(31)32/h13-14,17,19-21,23-24H,5-12,15-16H2,1-4H3,(H,29,33)(H,31,32)/t19-,20+,21?,23?,24-/m1/s1. The summed E-state index contributed by atoms with van der Waals surface area (Å²) in [4.78, 5) is 26.9. The van der Waals surface area contributed by atoms with Crippen LogP contribution in [0.15, 0.2) is 12.1 Å². The largest absolute Gasteiger partial charge is 0.493 e. The molecule has 0 bridgehead atoms. The molecule has 2 aliphatic heterocycles. The molecule has 2 fully saturated rings. The van der Waals surface area contributed by atoms with Gasteiger partial charge in [-0.15, -0.1) is 0 Å². The molecule has 2 unspecified atom stereocenters. The first-order chi connectivity index (χ1) is 17.3. The van der Waals surface area contributed by atoms with E-state index in [9.17, 15) is 14.7 Å². The van der Waals surface area contributed by atoms with E-state index in [0.29, 0.717) is 31.3 Å². The topological polar surface area (TPSA) is 97.3 Å². The van der Waals surface area contributed by atoms with Crippen molar-refractivity contribution in [2.45, 2.75) is 70.9 Å². The Labute approximate surface area is 214 Å². The number of carboxylic acids is 1. The molecule has 5 atom stereocenters. The highest BCUT2D eigenvalue weighted by molar-refractivity contribution is 5.73. The number of aliphatic carboxylic acids is 1. The molecule has 1 aromatic rings. The maximum absolute atomic E-state index is 12.7. The number of hydrogen-bond acceptors (Lipinski definition) is 6. The summed E-state index contributed by atoms with van der Waals surface area (Å²) in [5.41, 5.74) is 2.58. The summed E-state index contributed by atoms with van der Waals surface area (Å²) in [6.07, 6.45) is 5.59. The minimum absolute atomic E-state index is 0.236. The second kappa shape index (κ2) is 11.7. The number of carboxylic acid groups (broad SMARTS) is 1. The second-order valence-corrected chi connectivity index (χ2v) is 11.1. The van der Waals surface area contributed by atoms with Crippen molar-refractivity contribution in [2.24, 2.45) is 23.7 Å². The number of fused-ring (bicyclic) bond motifs is 3. The van der Waals surface area contributed by atoms with Crippen LogP contribution in [0.4, 0.5) is 4.79 Å². The van der Waals surface area contributed by atoms with Gasteiger partial charge in [-0.3, -0.25) is 9.69 Å². The van der Waals surface area contributed by atoms with Gasteiger partial charge in [0.05, 0.1) is 26.7 Å². The third-order valence-corrected chi connectivity index (χ3v) is 8.36. The van der Waals surface area contributed by atoms with Crippen molar-refractivity contribution in [1.82, 2.24) is 10.2 Å². The summed E-state index contributed by atoms with van der Waals surface area (Å²) < 4.78 is 16.9. The van der Waals surface area contributed by atoms with E-state index in [0.717, 1.165) is 56.7 Å². The van der Waals surface area contributed by atoms with Crippen molar-refractivity contribution in [3.8, 4) is 11.5 Å². The van der Waals surface area contributed by atoms with Crippen LogP contribution < -0.4 is 14.8 Å². The smallest absolute Gasteiger partial charge is 0.407 e. The average molecular weight is 503 g/mol. The van der Waals surface area contributed by atoms with Gasteiger partial charge >= 0.3 is 12.1 Å². The minimum atomic E-state index is -0.840. The predicted octanol–water partition coefficient (Wildman–Crippen LogP) is 4.65. The Morgan fingerprint density at radius 3 is 2.53 bits per heavy atom. The Balaban J connectivity index is 1.46. The van der Waals surface area contributed by atoms with Gasteiger partial charge in [0.25, 0.3) is 0 Å². The molecule has 4 rings (SSSR count). The van der Waals surface area contributed by atoms with Crippen LogP contribution in [0.2, 0.25) is 0 Å². The highest BCUT2D eigenvalue weighted by Gasteiger charge is 2.40. The van der Waals surface area contributed by atoms with Gasteiger partial charge in [-0.05, 0) is 73.1 Å². The molecule has 2 heterocycles. The molecule has 1 saturated heterocycles. The van der Waals surface area contributed by atoms with Crippen LogP contribution in [0.3, 0.4) is 0 Å². The van der Waals surface area contributed by atoms with E-state index in [1.54, 1.807) is 14.2 Å². The van der Waals surface area contributed by atoms with Crippen LogP contribution in [-0.4, -0.2) is 62.0 Å². The lowest BCUT2D eigenvalue weighted by Crippen LogP contribution is -2.48. The normalized spacial score (nSPS) is 28.1. The Hall–Kier alpha value is -2.48. The van der Waals surface area contributed by atoms with Gasteiger partial charge in [-0.2, -0.15) is 0 Å². The molecule has 8 heteroatoms. The number of ether oxygens (including phenoxy) is 3. The zero-order chi connectivity index (χ0) is 25.8. The van der Waals surface area contributed by atoms with Gasteiger partial charge in [-0.25, -0.2) is 4.79 Å². The molecule has 1 aromatic carbocycles. The van der Waals surface area contributed by atoms with E-state index in [1.165, 1.54) is 11.1 Å². The number of nitrogens with zero attached hydrogens (tertiary/aromatic N) is 1. The molecule has 2 N–H and O–H groups in total. The molecule has 0 radical (unpaired) electrons. The lowest BCUT2D eigenvalue weighted by Gasteiger charge is -2.47. The summed E-state index contributed by atoms with van der Waals surface area (Å²) in [7, 11) is 3.34. The first kappa shape index (κ1) is 26.6. The minimum Gasteiger partial charge on any atom is -0.493 e. The van der Waals surface area contributed by atoms with E-state index in [2.05, 4.69) is 36.2 Å². The highest BCUT2D eigenvalue weighted by atomic mass is 16.5. The maximum atomic E-state index is 12.7. The summed E-state index contributed by atoms with van der Waals surface area (Å²) in [6.45, 7) is 6.83. The zero-order valence-electron chi connectivity index (χ0n) is 22.1. The summed E-state index contributed by atoms with van der Waals surface area (Å²) in [6, 6.07) is 4.12. The Bertz CT molecular complexity index is 935. The van der Waals surface area contributed by atoms with Gasteiger partial charge in [0, 0.05) is 25.2 Å². The van der Waals surface area contributed by atoms with E-state index < -0.39 is 18.0 Å². The molecule has 200 valence electrons. The number of alkyl carbamates (subject to hydrolysis) is 1. The fraction of sp³-hybridized carbons (Fsp3) is 0.714. The fourth-order valence-corrected chi connectivity index (χ4v) is 6.56. The van der Waals surface area contributed by atoms with Crippen molar-refractivity contribution >= 4 is 12.1 Å². The lowest BCUT2D eigenvalue weighted by molar-refractivity contribution is -0.143. The van der Waals surface area contributed by atoms with Crippen LogP contribution in [0, 0.1) is 23.7 Å². The van der Waals surface area contributed by atoms with Crippen molar-refractivity contribution in [2.75, 3.05) is 33.9 Å². The van der Waals surface area contributed by atoms with Gasteiger partial charge in [0.1, 0.15) is 0 Å². The van der Waals surface area contributed by atoms with Gasteiger partial charge in [0.15, 0.2) is 11.5 Å². The first-order valence-electron chi connectivity index (χ1n) is 13.5. The quantitative estimate of drug-likeness (QED) is 0.534. The van der Waals surface area contributed by atoms with Gasteiger partial charge < -0.3 is 24.6 Å². The first-order valence-corrected chi connectivity index (χ1v) is 13.5. The lowest BCUT2D eigenvalue weighted by atomic mass is 9.74. The number of piperidine rings is 1. The molecule has 1 aliphatic carbocycles. The molecule has 3 aliphatic rings. The second-order valence-electron chi connectivity index (χ2n) is 11.1. The van der Waals surface area contributed by atoms with Gasteiger partial charge in [-0.1, -0.05) is 26.7 Å². The van der Waals surface area contributed by atoms with E-state index in [-0.39, 0.29) is 18.0 Å². The molecule has 8 nitrogen and oxygen atoms in total. The summed E-state index contributed by atoms with van der Waals surface area (Å²) in [5, 5.41) is 12.4. The molecule has 1 amide bonds. The fourth-order valence-electron chi connectivity index (χ4n) is 6.56. The van der Waals surface area contributed by atoms with Crippen LogP contribution in [0.25, 0.3) is 0 Å². The molecular formula is C28H42N2O6. The third-order valence-electron chi connectivity index (χ3n) is 8.36. The number of carbonyl (C=O) groups is 2. The number of rotatable bonds is 8. The molecule has 0 spiro atoms. The van der Waals surface area contributed by atoms with Crippen LogP contribution in [0.1, 0.15) is 69.5 Å². The summed E-state index contributed by atoms with van der Waals surface area (Å²) >= 11 is 0. The number of amides is 1. The molecule has 36 heavy (non-hydrogen) atoms. The Kier molecular flexibility index (Phi) is 8.65. The predicted molar refractivity (Wildman–Crippen MR) is 136 cm³/mol. The van der Waals surface area contributed by atoms with Crippen LogP contribution in [0.5, 0.6) is 11.5 Å². The molecule has 0 aromatic heterocycles. The number of methoxy groups -OCH3 is 2. The SMILES string of the molecule is COc1cc2c(cc1OC)[C@H]1C[C@@H](COC(=O)NC3CCCCC3C(=O)O)[C@H](CC(C)C)CN1CC2. The maximum Gasteiger partial charge on any atom is 0.407 e. The number of carbonyl (C=O) groups excluding carboxylic acids is 1. The molecular weight excluding hydrogens is 460 g/mol. The van der Waals surface area contributed by atoms with E-state index in [1.807, 2.05) is 0 Å². The van der Waals surface area contributed by atoms with Crippen molar-refractivity contribution in [3.05, 3.63) is 23.3 Å². The average Bonchev–Trinajstić information content (AvgIpc) is 2.86. The van der Waals surface area contributed by atoms with Crippen LogP contribution in [-0.2, 0) is 16.0 Å². The monoisotopic (exact) mass is 502 g/mol. The number of nitrogens with one attached hydrogen (secondary N) is 1. The Morgan fingerprint density at radius 2 is 1.83 bits per heavy atom. The Morgan fingerprint density at radius 1 is 1.11 bits per heavy atom. The van der Waals surface area contributed by atoms with Crippen molar-refractivity contribution in [1.29, 1.82) is 0 Å². The zero-order valence-corrected chi connectivity index (χ0v) is 22.1.